The molecule has 2 rings (SSSR count). The zero-order valence-corrected chi connectivity index (χ0v) is 10.7. The largest absolute Gasteiger partial charge is 0.391 e. The number of aromatic nitrogens is 2. The monoisotopic (exact) mass is 269 g/mol. The third-order valence-corrected chi connectivity index (χ3v) is 3.32. The summed E-state index contributed by atoms with van der Waals surface area (Å²) in [6.07, 6.45) is 4.81. The van der Waals surface area contributed by atoms with Crippen LogP contribution in [0.15, 0.2) is 23.6 Å². The molecular formula is C12H16ClN3O2. The average Bonchev–Trinajstić information content (AvgIpc) is 3.18. The van der Waals surface area contributed by atoms with Crippen molar-refractivity contribution in [2.24, 2.45) is 5.92 Å². The first-order valence-electron chi connectivity index (χ1n) is 5.92. The lowest BCUT2D eigenvalue weighted by Gasteiger charge is -2.13. The van der Waals surface area contributed by atoms with E-state index in [9.17, 15) is 9.90 Å². The third-order valence-electron chi connectivity index (χ3n) is 2.95. The van der Waals surface area contributed by atoms with Crippen LogP contribution in [-0.4, -0.2) is 27.5 Å². The summed E-state index contributed by atoms with van der Waals surface area (Å²) in [5.74, 6) is 0.380. The Balaban J connectivity index is 2.06. The van der Waals surface area contributed by atoms with Gasteiger partial charge in [-0.15, -0.1) is 6.58 Å². The van der Waals surface area contributed by atoms with E-state index in [1.165, 1.54) is 10.9 Å². The summed E-state index contributed by atoms with van der Waals surface area (Å²) < 4.78 is 1.23. The minimum absolute atomic E-state index is 0.0925. The number of hydrogen-bond donors (Lipinski definition) is 2. The maximum absolute atomic E-state index is 11.8. The average molecular weight is 270 g/mol. The molecule has 1 unspecified atom stereocenters. The third kappa shape index (κ3) is 2.91. The van der Waals surface area contributed by atoms with Gasteiger partial charge in [-0.3, -0.25) is 4.79 Å². The molecular weight excluding hydrogens is 254 g/mol. The molecule has 1 heterocycles. The highest BCUT2D eigenvalue weighted by atomic mass is 35.5. The Labute approximate surface area is 110 Å². The first kappa shape index (κ1) is 13.1. The molecule has 18 heavy (non-hydrogen) atoms. The number of nitrogens with one attached hydrogen (secondary N) is 1. The number of nitrogens with zero attached hydrogens (tertiary/aromatic N) is 2. The molecule has 0 aromatic carbocycles. The molecule has 0 spiro atoms. The molecule has 0 amide bonds. The highest BCUT2D eigenvalue weighted by Crippen LogP contribution is 2.32. The van der Waals surface area contributed by atoms with Gasteiger partial charge in [-0.2, -0.15) is 5.10 Å². The Morgan fingerprint density at radius 2 is 2.44 bits per heavy atom. The van der Waals surface area contributed by atoms with E-state index in [1.807, 2.05) is 0 Å². The van der Waals surface area contributed by atoms with Crippen LogP contribution in [0.5, 0.6) is 0 Å². The second kappa shape index (κ2) is 5.54. The molecule has 6 heteroatoms. The van der Waals surface area contributed by atoms with Crippen molar-refractivity contribution in [2.75, 3.05) is 11.9 Å². The van der Waals surface area contributed by atoms with Crippen LogP contribution in [-0.2, 0) is 6.54 Å². The van der Waals surface area contributed by atoms with Gasteiger partial charge in [0.05, 0.1) is 24.5 Å². The molecule has 1 aliphatic carbocycles. The van der Waals surface area contributed by atoms with Crippen molar-refractivity contribution in [2.45, 2.75) is 25.5 Å². The van der Waals surface area contributed by atoms with Gasteiger partial charge in [0.25, 0.3) is 5.56 Å². The predicted molar refractivity (Wildman–Crippen MR) is 70.9 cm³/mol. The Morgan fingerprint density at radius 3 is 3.06 bits per heavy atom. The first-order chi connectivity index (χ1) is 8.63. The fourth-order valence-electron chi connectivity index (χ4n) is 1.70. The summed E-state index contributed by atoms with van der Waals surface area (Å²) in [5, 5.41) is 16.8. The van der Waals surface area contributed by atoms with E-state index in [1.54, 1.807) is 6.08 Å². The summed E-state index contributed by atoms with van der Waals surface area (Å²) in [7, 11) is 0. The van der Waals surface area contributed by atoms with E-state index in [-0.39, 0.29) is 10.6 Å². The Kier molecular flexibility index (Phi) is 4.04. The molecule has 2 N–H and O–H groups in total. The summed E-state index contributed by atoms with van der Waals surface area (Å²) in [5.41, 5.74) is 0.101. The van der Waals surface area contributed by atoms with Crippen LogP contribution in [0, 0.1) is 5.92 Å². The summed E-state index contributed by atoms with van der Waals surface area (Å²) >= 11 is 5.96. The Bertz CT molecular complexity index is 497. The van der Waals surface area contributed by atoms with Crippen LogP contribution in [0.1, 0.15) is 12.8 Å². The second-order valence-corrected chi connectivity index (χ2v) is 4.81. The number of rotatable bonds is 6. The smallest absolute Gasteiger partial charge is 0.287 e. The van der Waals surface area contributed by atoms with Crippen LogP contribution >= 0.6 is 11.6 Å². The van der Waals surface area contributed by atoms with Gasteiger partial charge in [0.15, 0.2) is 0 Å². The van der Waals surface area contributed by atoms with Crippen molar-refractivity contribution >= 4 is 17.3 Å². The summed E-state index contributed by atoms with van der Waals surface area (Å²) in [4.78, 5) is 11.8. The van der Waals surface area contributed by atoms with Crippen molar-refractivity contribution < 1.29 is 5.11 Å². The fraction of sp³-hybridized carbons (Fsp3) is 0.500. The standard InChI is InChI=1S/C12H16ClN3O2/c1-2-5-16-12(18)11(13)9(6-15-16)14-7-10(17)8-3-4-8/h2,6,8,10,14,17H,1,3-5,7H2. The Morgan fingerprint density at radius 1 is 1.72 bits per heavy atom. The van der Waals surface area contributed by atoms with Gasteiger partial charge >= 0.3 is 0 Å². The fourth-order valence-corrected chi connectivity index (χ4v) is 1.92. The van der Waals surface area contributed by atoms with Crippen LogP contribution in [0.4, 0.5) is 5.69 Å². The van der Waals surface area contributed by atoms with Gasteiger partial charge < -0.3 is 10.4 Å². The predicted octanol–water partition coefficient (Wildman–Crippen LogP) is 1.27. The molecule has 0 aliphatic heterocycles. The van der Waals surface area contributed by atoms with E-state index in [2.05, 4.69) is 17.0 Å². The quantitative estimate of drug-likeness (QED) is 0.763. The van der Waals surface area contributed by atoms with Crippen molar-refractivity contribution in [3.8, 4) is 0 Å². The summed E-state index contributed by atoms with van der Waals surface area (Å²) in [6, 6.07) is 0. The van der Waals surface area contributed by atoms with Crippen molar-refractivity contribution in [3.05, 3.63) is 34.2 Å². The van der Waals surface area contributed by atoms with Crippen LogP contribution in [0.2, 0.25) is 5.02 Å². The molecule has 1 aromatic rings. The minimum Gasteiger partial charge on any atom is -0.391 e. The van der Waals surface area contributed by atoms with Gasteiger partial charge in [-0.05, 0) is 18.8 Å². The molecule has 1 fully saturated rings. The molecule has 0 saturated heterocycles. The zero-order chi connectivity index (χ0) is 13.1. The van der Waals surface area contributed by atoms with Gasteiger partial charge in [-0.25, -0.2) is 4.68 Å². The van der Waals surface area contributed by atoms with Gasteiger partial charge in [0.1, 0.15) is 5.02 Å². The second-order valence-electron chi connectivity index (χ2n) is 4.43. The topological polar surface area (TPSA) is 67.2 Å². The summed E-state index contributed by atoms with van der Waals surface area (Å²) in [6.45, 7) is 4.25. The number of halogens is 1. The van der Waals surface area contributed by atoms with Crippen molar-refractivity contribution in [1.29, 1.82) is 0 Å². The number of aliphatic hydroxyl groups is 1. The van der Waals surface area contributed by atoms with Gasteiger partial charge in [-0.1, -0.05) is 17.7 Å². The number of hydrogen-bond acceptors (Lipinski definition) is 4. The minimum atomic E-state index is -0.392. The lowest BCUT2D eigenvalue weighted by Crippen LogP contribution is -2.26. The lowest BCUT2D eigenvalue weighted by atomic mass is 10.2. The molecule has 5 nitrogen and oxygen atoms in total. The Hall–Kier alpha value is -1.33. The van der Waals surface area contributed by atoms with Gasteiger partial charge in [0, 0.05) is 6.54 Å². The molecule has 0 bridgehead atoms. The lowest BCUT2D eigenvalue weighted by molar-refractivity contribution is 0.164. The molecule has 1 aliphatic rings. The van der Waals surface area contributed by atoms with E-state index >= 15 is 0 Å². The maximum atomic E-state index is 11.8. The number of anilines is 1. The van der Waals surface area contributed by atoms with Gasteiger partial charge in [0.2, 0.25) is 0 Å². The maximum Gasteiger partial charge on any atom is 0.287 e. The van der Waals surface area contributed by atoms with E-state index in [0.717, 1.165) is 12.8 Å². The molecule has 0 radical (unpaired) electrons. The van der Waals surface area contributed by atoms with Crippen molar-refractivity contribution in [1.82, 2.24) is 9.78 Å². The molecule has 98 valence electrons. The molecule has 1 aromatic heterocycles. The van der Waals surface area contributed by atoms with Crippen LogP contribution in [0.25, 0.3) is 0 Å². The van der Waals surface area contributed by atoms with Crippen LogP contribution in [0.3, 0.4) is 0 Å². The number of allylic oxidation sites excluding steroid dienone is 1. The zero-order valence-electron chi connectivity index (χ0n) is 9.97. The SMILES string of the molecule is C=CCn1ncc(NCC(O)C2CC2)c(Cl)c1=O. The highest BCUT2D eigenvalue weighted by Gasteiger charge is 2.29. The first-order valence-corrected chi connectivity index (χ1v) is 6.29. The van der Waals surface area contributed by atoms with E-state index in [0.29, 0.717) is 24.7 Å². The molecule has 1 saturated carbocycles. The van der Waals surface area contributed by atoms with Crippen LogP contribution < -0.4 is 10.9 Å². The molecule has 1 atom stereocenters. The normalized spacial score (nSPS) is 16.3. The van der Waals surface area contributed by atoms with E-state index in [4.69, 9.17) is 11.6 Å². The van der Waals surface area contributed by atoms with E-state index < -0.39 is 6.10 Å². The number of aliphatic hydroxyl groups excluding tert-OH is 1. The highest BCUT2D eigenvalue weighted by molar-refractivity contribution is 6.32. The van der Waals surface area contributed by atoms with Crippen molar-refractivity contribution in [3.63, 3.8) is 0 Å².